The minimum absolute atomic E-state index is 0.568. The zero-order valence-electron chi connectivity index (χ0n) is 15.8. The van der Waals surface area contributed by atoms with Crippen molar-refractivity contribution in [3.63, 3.8) is 0 Å². The number of hydrogen-bond donors (Lipinski definition) is 0. The van der Waals surface area contributed by atoms with Crippen molar-refractivity contribution in [2.75, 3.05) is 0 Å². The van der Waals surface area contributed by atoms with Crippen LogP contribution in [0.25, 0.3) is 0 Å². The van der Waals surface area contributed by atoms with Gasteiger partial charge in [0.2, 0.25) is 0 Å². The van der Waals surface area contributed by atoms with E-state index in [4.69, 9.17) is 0 Å². The zero-order chi connectivity index (χ0) is 16.9. The summed E-state index contributed by atoms with van der Waals surface area (Å²) in [4.78, 5) is 12.0. The molecule has 0 radical (unpaired) electrons. The van der Waals surface area contributed by atoms with Gasteiger partial charge in [-0.25, -0.2) is 4.79 Å². The van der Waals surface area contributed by atoms with Gasteiger partial charge in [-0.05, 0) is 47.9 Å². The molecule has 1 nitrogen and oxygen atoms in total. The molecule has 0 aliphatic heterocycles. The predicted molar refractivity (Wildman–Crippen MR) is 101 cm³/mol. The second-order valence-electron chi connectivity index (χ2n) is 8.12. The molecule has 0 aromatic rings. The van der Waals surface area contributed by atoms with Crippen LogP contribution in [0.1, 0.15) is 80.6 Å². The van der Waals surface area contributed by atoms with E-state index in [-0.39, 0.29) is 0 Å². The van der Waals surface area contributed by atoms with Gasteiger partial charge in [-0.2, -0.15) is 0 Å². The van der Waals surface area contributed by atoms with E-state index in [2.05, 4.69) is 60.5 Å². The second kappa shape index (κ2) is 8.31. The van der Waals surface area contributed by atoms with Crippen LogP contribution >= 0.6 is 0 Å². The van der Waals surface area contributed by atoms with Gasteiger partial charge in [0, 0.05) is 5.20 Å². The Morgan fingerprint density at radius 2 is 1.41 bits per heavy atom. The van der Waals surface area contributed by atoms with Crippen molar-refractivity contribution < 1.29 is 4.79 Å². The van der Waals surface area contributed by atoms with Crippen LogP contribution in [0.4, 0.5) is 0 Å². The van der Waals surface area contributed by atoms with Crippen LogP contribution in [0, 0.1) is 5.92 Å². The molecule has 0 bridgehead atoms. The molecule has 0 unspecified atom stereocenters. The molecule has 0 atom stereocenters. The fourth-order valence-corrected chi connectivity index (χ4v) is 11.8. The summed E-state index contributed by atoms with van der Waals surface area (Å²) in [6, 6.07) is 0. The van der Waals surface area contributed by atoms with Crippen molar-refractivity contribution in [3.05, 3.63) is 16.8 Å². The summed E-state index contributed by atoms with van der Waals surface area (Å²) >= 11 is 0. The van der Waals surface area contributed by atoms with E-state index in [1.54, 1.807) is 0 Å². The lowest BCUT2D eigenvalue weighted by molar-refractivity contribution is 0.418. The van der Waals surface area contributed by atoms with Gasteiger partial charge in [-0.1, -0.05) is 66.9 Å². The van der Waals surface area contributed by atoms with Crippen molar-refractivity contribution in [3.8, 4) is 0 Å². The molecule has 1 fully saturated rings. The van der Waals surface area contributed by atoms with E-state index in [0.29, 0.717) is 22.5 Å². The maximum absolute atomic E-state index is 12.0. The van der Waals surface area contributed by atoms with Crippen LogP contribution in [-0.2, 0) is 4.79 Å². The third-order valence-electron chi connectivity index (χ3n) is 5.93. The van der Waals surface area contributed by atoms with Crippen LogP contribution in [-0.4, -0.2) is 14.0 Å². The van der Waals surface area contributed by atoms with Gasteiger partial charge in [0.25, 0.3) is 0 Å². The zero-order valence-corrected chi connectivity index (χ0v) is 16.8. The maximum atomic E-state index is 12.0. The molecule has 126 valence electrons. The molecule has 2 heteroatoms. The molecule has 1 saturated carbocycles. The highest BCUT2D eigenvalue weighted by Crippen LogP contribution is 2.47. The van der Waals surface area contributed by atoms with Crippen molar-refractivity contribution >= 4 is 14.0 Å². The summed E-state index contributed by atoms with van der Waals surface area (Å²) in [5.41, 5.74) is 2.95. The topological polar surface area (TPSA) is 17.1 Å². The highest BCUT2D eigenvalue weighted by atomic mass is 28.3. The van der Waals surface area contributed by atoms with Crippen LogP contribution in [0.15, 0.2) is 16.8 Å². The molecule has 0 heterocycles. The molecule has 1 rings (SSSR count). The van der Waals surface area contributed by atoms with Crippen LogP contribution in [0.2, 0.25) is 16.6 Å². The summed E-state index contributed by atoms with van der Waals surface area (Å²) in [5.74, 6) is 3.11. The van der Waals surface area contributed by atoms with Crippen molar-refractivity contribution in [1.82, 2.24) is 0 Å². The van der Waals surface area contributed by atoms with Gasteiger partial charge in [-0.3, -0.25) is 0 Å². The Kier molecular flexibility index (Phi) is 7.35. The van der Waals surface area contributed by atoms with Gasteiger partial charge >= 0.3 is 0 Å². The Hall–Kier alpha value is -0.593. The van der Waals surface area contributed by atoms with E-state index >= 15 is 0 Å². The molecule has 0 aromatic carbocycles. The normalized spacial score (nSPS) is 18.2. The molecule has 0 aromatic heterocycles. The van der Waals surface area contributed by atoms with E-state index in [1.807, 2.05) is 0 Å². The van der Waals surface area contributed by atoms with Gasteiger partial charge in [0.1, 0.15) is 14.0 Å². The van der Waals surface area contributed by atoms with Gasteiger partial charge < -0.3 is 0 Å². The Labute approximate surface area is 139 Å². The molecule has 1 aliphatic carbocycles. The summed E-state index contributed by atoms with van der Waals surface area (Å²) in [6.45, 7) is 16.1. The fourth-order valence-electron chi connectivity index (χ4n) is 5.11. The molecule has 0 spiro atoms. The van der Waals surface area contributed by atoms with Crippen LogP contribution < -0.4 is 0 Å². The Balaban J connectivity index is 3.25. The van der Waals surface area contributed by atoms with Gasteiger partial charge in [0.05, 0.1) is 0 Å². The summed E-state index contributed by atoms with van der Waals surface area (Å²) < 4.78 is 0. The SMILES string of the molecule is C/C(=C\C1CCCCC1)C(=C=O)[Si](C(C)C)(C(C)C)C(C)C. The Morgan fingerprint density at radius 3 is 1.77 bits per heavy atom. The minimum atomic E-state index is -1.88. The second-order valence-corrected chi connectivity index (χ2v) is 14.0. The lowest BCUT2D eigenvalue weighted by atomic mass is 9.88. The molecule has 0 saturated heterocycles. The smallest absolute Gasteiger partial charge is 0.123 e. The third kappa shape index (κ3) is 3.84. The minimum Gasteiger partial charge on any atom is -0.234 e. The van der Waals surface area contributed by atoms with Crippen molar-refractivity contribution in [2.24, 2.45) is 5.92 Å². The van der Waals surface area contributed by atoms with E-state index in [9.17, 15) is 4.79 Å². The average Bonchev–Trinajstić information content (AvgIpc) is 2.43. The fraction of sp³-hybridized carbons (Fsp3) is 0.800. The predicted octanol–water partition coefficient (Wildman–Crippen LogP) is 6.49. The number of rotatable bonds is 6. The van der Waals surface area contributed by atoms with Crippen LogP contribution in [0.3, 0.4) is 0 Å². The summed E-state index contributed by atoms with van der Waals surface area (Å²) in [5, 5.41) is 1.07. The summed E-state index contributed by atoms with van der Waals surface area (Å²) in [7, 11) is -1.88. The first-order valence-corrected chi connectivity index (χ1v) is 11.5. The van der Waals surface area contributed by atoms with E-state index in [1.165, 1.54) is 37.7 Å². The highest BCUT2D eigenvalue weighted by Gasteiger charge is 2.47. The monoisotopic (exact) mass is 320 g/mol. The molecule has 0 N–H and O–H groups in total. The third-order valence-corrected chi connectivity index (χ3v) is 13.0. The first-order chi connectivity index (χ1) is 10.3. The van der Waals surface area contributed by atoms with E-state index in [0.717, 1.165) is 5.20 Å². The lowest BCUT2D eigenvalue weighted by Gasteiger charge is -2.44. The standard InChI is InChI=1S/C20H36OSi/c1-15(2)22(16(3)4,17(5)6)20(14-21)18(7)13-19-11-9-8-10-12-19/h13,15-17,19H,8-12H2,1-7H3/b18-13+. The maximum Gasteiger partial charge on any atom is 0.123 e. The first kappa shape index (κ1) is 19.5. The Morgan fingerprint density at radius 1 is 0.955 bits per heavy atom. The number of allylic oxidation sites excluding steroid dienone is 3. The molecular weight excluding hydrogens is 284 g/mol. The average molecular weight is 321 g/mol. The molecule has 1 aliphatic rings. The quantitative estimate of drug-likeness (QED) is 0.310. The molecular formula is C20H36OSi. The molecule has 0 amide bonds. The van der Waals surface area contributed by atoms with Gasteiger partial charge in [0.15, 0.2) is 0 Å². The molecule has 22 heavy (non-hydrogen) atoms. The number of hydrogen-bond acceptors (Lipinski definition) is 1. The number of carbonyl (C=O) groups excluding carboxylic acids is 1. The van der Waals surface area contributed by atoms with Crippen LogP contribution in [0.5, 0.6) is 0 Å². The van der Waals surface area contributed by atoms with Crippen molar-refractivity contribution in [1.29, 1.82) is 0 Å². The first-order valence-electron chi connectivity index (χ1n) is 9.22. The van der Waals surface area contributed by atoms with Crippen molar-refractivity contribution in [2.45, 2.75) is 97.2 Å². The largest absolute Gasteiger partial charge is 0.234 e. The lowest BCUT2D eigenvalue weighted by Crippen LogP contribution is -2.47. The summed E-state index contributed by atoms with van der Waals surface area (Å²) in [6.07, 6.45) is 9.06. The van der Waals surface area contributed by atoms with E-state index < -0.39 is 8.07 Å². The van der Waals surface area contributed by atoms with Gasteiger partial charge in [-0.15, -0.1) is 0 Å². The Bertz CT molecular complexity index is 411. The highest BCUT2D eigenvalue weighted by molar-refractivity contribution is 6.91.